The molecule has 2 fully saturated rings. The van der Waals surface area contributed by atoms with Crippen LogP contribution in [0.1, 0.15) is 24.1 Å². The molecule has 4 heterocycles. The van der Waals surface area contributed by atoms with Crippen molar-refractivity contribution in [3.8, 4) is 6.01 Å². The zero-order valence-electron chi connectivity index (χ0n) is 22.2. The SMILES string of the molecule is [C-]#[N+]CC1CCCN(c2nc(OC[C@@H]3CN(C)CCO3)nc3c2CCN(c2cccc4ccccc24)C3)C1. The summed E-state index contributed by atoms with van der Waals surface area (Å²) in [4.78, 5) is 20.7. The van der Waals surface area contributed by atoms with Crippen LogP contribution in [0.2, 0.25) is 0 Å². The fraction of sp³-hybridized carbons (Fsp3) is 0.500. The van der Waals surface area contributed by atoms with Gasteiger partial charge < -0.3 is 29.0 Å². The minimum absolute atomic E-state index is 0.0158. The molecule has 0 bridgehead atoms. The van der Waals surface area contributed by atoms with Crippen LogP contribution in [0, 0.1) is 12.5 Å². The number of hydrogen-bond acceptors (Lipinski definition) is 7. The van der Waals surface area contributed by atoms with E-state index in [0.29, 0.717) is 25.1 Å². The van der Waals surface area contributed by atoms with Crippen molar-refractivity contribution in [2.24, 2.45) is 5.92 Å². The molecule has 38 heavy (non-hydrogen) atoms. The molecule has 0 spiro atoms. The number of ether oxygens (including phenoxy) is 2. The highest BCUT2D eigenvalue weighted by Crippen LogP contribution is 2.35. The van der Waals surface area contributed by atoms with Crippen molar-refractivity contribution in [1.29, 1.82) is 0 Å². The van der Waals surface area contributed by atoms with Crippen LogP contribution >= 0.6 is 0 Å². The largest absolute Gasteiger partial charge is 0.461 e. The van der Waals surface area contributed by atoms with Crippen LogP contribution in [0.15, 0.2) is 42.5 Å². The van der Waals surface area contributed by atoms with Crippen LogP contribution in [0.3, 0.4) is 0 Å². The molecule has 2 aromatic carbocycles. The number of nitrogens with zero attached hydrogens (tertiary/aromatic N) is 6. The molecule has 2 atom stereocenters. The number of piperidine rings is 1. The van der Waals surface area contributed by atoms with Crippen molar-refractivity contribution >= 4 is 22.3 Å². The van der Waals surface area contributed by atoms with E-state index in [4.69, 9.17) is 26.0 Å². The molecule has 3 aliphatic rings. The average Bonchev–Trinajstić information content (AvgIpc) is 2.95. The number of rotatable bonds is 6. The van der Waals surface area contributed by atoms with Gasteiger partial charge in [-0.05, 0) is 37.8 Å². The van der Waals surface area contributed by atoms with E-state index in [9.17, 15) is 0 Å². The van der Waals surface area contributed by atoms with Gasteiger partial charge in [-0.3, -0.25) is 0 Å². The normalized spacial score (nSPS) is 22.2. The number of morpholine rings is 1. The molecule has 0 saturated carbocycles. The first-order valence-corrected chi connectivity index (χ1v) is 13.8. The predicted molar refractivity (Wildman–Crippen MR) is 150 cm³/mol. The Morgan fingerprint density at radius 2 is 1.95 bits per heavy atom. The number of anilines is 2. The summed E-state index contributed by atoms with van der Waals surface area (Å²) in [6.45, 7) is 14.4. The first-order chi connectivity index (χ1) is 18.7. The van der Waals surface area contributed by atoms with Gasteiger partial charge >= 0.3 is 6.01 Å². The first-order valence-electron chi connectivity index (χ1n) is 13.8. The van der Waals surface area contributed by atoms with Crippen LogP contribution in [-0.4, -0.2) is 80.5 Å². The Balaban J connectivity index is 1.30. The summed E-state index contributed by atoms with van der Waals surface area (Å²) in [6, 6.07) is 15.5. The van der Waals surface area contributed by atoms with Crippen LogP contribution < -0.4 is 14.5 Å². The monoisotopic (exact) mass is 512 g/mol. The third kappa shape index (κ3) is 5.27. The maximum Gasteiger partial charge on any atom is 0.318 e. The lowest BCUT2D eigenvalue weighted by Gasteiger charge is -2.36. The van der Waals surface area contributed by atoms with Gasteiger partial charge in [-0.15, -0.1) is 0 Å². The summed E-state index contributed by atoms with van der Waals surface area (Å²) >= 11 is 0. The van der Waals surface area contributed by atoms with Crippen LogP contribution in [0.25, 0.3) is 15.6 Å². The highest BCUT2D eigenvalue weighted by molar-refractivity contribution is 5.94. The number of fused-ring (bicyclic) bond motifs is 2. The fourth-order valence-electron chi connectivity index (χ4n) is 6.08. The lowest BCUT2D eigenvalue weighted by molar-refractivity contribution is -0.0417. The Hall–Kier alpha value is -3.41. The topological polar surface area (TPSA) is 58.3 Å². The predicted octanol–water partition coefficient (Wildman–Crippen LogP) is 4.04. The number of likely N-dealkylation sites (N-methyl/N-ethyl adjacent to an activating group) is 1. The lowest BCUT2D eigenvalue weighted by atomic mass is 9.96. The molecule has 0 radical (unpaired) electrons. The molecule has 8 nitrogen and oxygen atoms in total. The number of hydrogen-bond donors (Lipinski definition) is 0. The van der Waals surface area contributed by atoms with Gasteiger partial charge in [-0.1, -0.05) is 36.4 Å². The molecule has 0 aliphatic carbocycles. The second-order valence-electron chi connectivity index (χ2n) is 10.8. The van der Waals surface area contributed by atoms with Crippen molar-refractivity contribution in [3.63, 3.8) is 0 Å². The molecular formula is C30H36N6O2. The Kier molecular flexibility index (Phi) is 7.30. The summed E-state index contributed by atoms with van der Waals surface area (Å²) in [5.41, 5.74) is 3.51. The van der Waals surface area contributed by atoms with Crippen molar-refractivity contribution in [2.45, 2.75) is 31.9 Å². The maximum absolute atomic E-state index is 7.36. The zero-order valence-corrected chi connectivity index (χ0v) is 22.2. The van der Waals surface area contributed by atoms with E-state index in [1.807, 2.05) is 0 Å². The highest BCUT2D eigenvalue weighted by atomic mass is 16.5. The summed E-state index contributed by atoms with van der Waals surface area (Å²) in [6.07, 6.45) is 3.09. The van der Waals surface area contributed by atoms with Gasteiger partial charge in [-0.25, -0.2) is 6.57 Å². The molecule has 3 aromatic rings. The molecular weight excluding hydrogens is 476 g/mol. The van der Waals surface area contributed by atoms with Crippen LogP contribution in [-0.2, 0) is 17.7 Å². The molecule has 198 valence electrons. The van der Waals surface area contributed by atoms with Crippen molar-refractivity contribution < 1.29 is 9.47 Å². The van der Waals surface area contributed by atoms with Crippen molar-refractivity contribution in [1.82, 2.24) is 14.9 Å². The van der Waals surface area contributed by atoms with Gasteiger partial charge in [0.05, 0.1) is 18.8 Å². The Morgan fingerprint density at radius 1 is 1.05 bits per heavy atom. The second kappa shape index (κ2) is 11.1. The third-order valence-corrected chi connectivity index (χ3v) is 8.04. The standard InChI is InChI=1S/C30H36N6O2/c1-31-17-22-7-6-13-36(18-22)29-26-12-14-35(28-11-5-9-23-8-3-4-10-25(23)28)20-27(26)32-30(33-29)38-21-24-19-34(2)15-16-37-24/h3-5,8-11,22,24H,6-7,12-21H2,2H3/t22?,24-/m0/s1. The van der Waals surface area contributed by atoms with Gasteiger partial charge in [-0.2, -0.15) is 9.97 Å². The summed E-state index contributed by atoms with van der Waals surface area (Å²) in [5, 5.41) is 2.51. The maximum atomic E-state index is 7.36. The van der Waals surface area contributed by atoms with Gasteiger partial charge in [0.25, 0.3) is 0 Å². The van der Waals surface area contributed by atoms with Gasteiger partial charge in [0, 0.05) is 55.3 Å². The summed E-state index contributed by atoms with van der Waals surface area (Å²) < 4.78 is 12.1. The van der Waals surface area contributed by atoms with E-state index in [2.05, 4.69) is 69.1 Å². The molecule has 0 N–H and O–H groups in total. The number of benzene rings is 2. The van der Waals surface area contributed by atoms with E-state index >= 15 is 0 Å². The molecule has 1 unspecified atom stereocenters. The van der Waals surface area contributed by atoms with Gasteiger partial charge in [0.2, 0.25) is 6.54 Å². The van der Waals surface area contributed by atoms with E-state index in [-0.39, 0.29) is 6.10 Å². The summed E-state index contributed by atoms with van der Waals surface area (Å²) in [5.74, 6) is 1.39. The number of aromatic nitrogens is 2. The Labute approximate surface area is 225 Å². The van der Waals surface area contributed by atoms with E-state index in [0.717, 1.165) is 76.6 Å². The average molecular weight is 513 g/mol. The minimum atomic E-state index is 0.0158. The smallest absolute Gasteiger partial charge is 0.318 e. The minimum Gasteiger partial charge on any atom is -0.461 e. The van der Waals surface area contributed by atoms with Gasteiger partial charge in [0.15, 0.2) is 0 Å². The fourth-order valence-corrected chi connectivity index (χ4v) is 6.08. The summed E-state index contributed by atoms with van der Waals surface area (Å²) in [7, 11) is 2.11. The van der Waals surface area contributed by atoms with E-state index < -0.39 is 0 Å². The molecule has 8 heteroatoms. The Bertz CT molecular complexity index is 1320. The molecule has 6 rings (SSSR count). The van der Waals surface area contributed by atoms with E-state index in [1.54, 1.807) is 0 Å². The zero-order chi connectivity index (χ0) is 25.9. The molecule has 2 saturated heterocycles. The highest BCUT2D eigenvalue weighted by Gasteiger charge is 2.30. The molecule has 3 aliphatic heterocycles. The first kappa shape index (κ1) is 24.9. The van der Waals surface area contributed by atoms with Crippen LogP contribution in [0.4, 0.5) is 11.5 Å². The van der Waals surface area contributed by atoms with Crippen LogP contribution in [0.5, 0.6) is 6.01 Å². The lowest BCUT2D eigenvalue weighted by Crippen LogP contribution is -2.43. The van der Waals surface area contributed by atoms with Gasteiger partial charge in [0.1, 0.15) is 18.5 Å². The van der Waals surface area contributed by atoms with E-state index in [1.165, 1.54) is 22.0 Å². The Morgan fingerprint density at radius 3 is 2.84 bits per heavy atom. The molecule has 1 aromatic heterocycles. The van der Waals surface area contributed by atoms with Crippen molar-refractivity contribution in [2.75, 3.05) is 69.3 Å². The second-order valence-corrected chi connectivity index (χ2v) is 10.8. The quantitative estimate of drug-likeness (QED) is 0.462. The third-order valence-electron chi connectivity index (χ3n) is 8.04. The molecule has 0 amide bonds. The van der Waals surface area contributed by atoms with Crippen molar-refractivity contribution in [3.05, 3.63) is 65.1 Å².